The van der Waals surface area contributed by atoms with E-state index in [2.05, 4.69) is 17.1 Å². The average Bonchev–Trinajstić information content (AvgIpc) is 3.14. The second-order valence-electron chi connectivity index (χ2n) is 6.35. The number of para-hydroxylation sites is 1. The highest BCUT2D eigenvalue weighted by molar-refractivity contribution is 5.76. The Kier molecular flexibility index (Phi) is 5.68. The van der Waals surface area contributed by atoms with Crippen LogP contribution in [0.15, 0.2) is 28.7 Å². The molecule has 1 aromatic carbocycles. The number of nitrogens with zero attached hydrogens (tertiary/aromatic N) is 3. The Morgan fingerprint density at radius 1 is 1.32 bits per heavy atom. The van der Waals surface area contributed by atoms with Crippen LogP contribution in [0, 0.1) is 0 Å². The Labute approximate surface area is 148 Å². The molecule has 2 heterocycles. The summed E-state index contributed by atoms with van der Waals surface area (Å²) in [7, 11) is 1.61. The molecule has 0 spiro atoms. The lowest BCUT2D eigenvalue weighted by Crippen LogP contribution is -2.43. The molecule has 0 bridgehead atoms. The van der Waals surface area contributed by atoms with Gasteiger partial charge in [-0.2, -0.15) is 0 Å². The smallest absolute Gasteiger partial charge is 0.251 e. The van der Waals surface area contributed by atoms with Gasteiger partial charge in [-0.1, -0.05) is 19.1 Å². The van der Waals surface area contributed by atoms with Crippen LogP contribution in [0.2, 0.25) is 0 Å². The van der Waals surface area contributed by atoms with Crippen LogP contribution >= 0.6 is 0 Å². The van der Waals surface area contributed by atoms with E-state index in [9.17, 15) is 4.79 Å². The first-order valence-electron chi connectivity index (χ1n) is 8.98. The van der Waals surface area contributed by atoms with Gasteiger partial charge in [0.1, 0.15) is 5.75 Å². The first-order valence-corrected chi connectivity index (χ1v) is 8.98. The fourth-order valence-corrected chi connectivity index (χ4v) is 3.40. The number of ether oxygens (including phenoxy) is 1. The molecule has 6 nitrogen and oxygen atoms in total. The second kappa shape index (κ2) is 8.14. The Balaban J connectivity index is 1.63. The van der Waals surface area contributed by atoms with E-state index in [4.69, 9.17) is 9.15 Å². The van der Waals surface area contributed by atoms with Crippen molar-refractivity contribution in [1.29, 1.82) is 0 Å². The number of aromatic nitrogens is 2. The minimum atomic E-state index is 0.184. The summed E-state index contributed by atoms with van der Waals surface area (Å²) in [5.74, 6) is 1.78. The molecule has 0 aliphatic carbocycles. The molecular weight excluding hydrogens is 318 g/mol. The van der Waals surface area contributed by atoms with E-state index in [0.29, 0.717) is 36.4 Å². The molecule has 1 aliphatic rings. The minimum absolute atomic E-state index is 0.184. The van der Waals surface area contributed by atoms with Crippen molar-refractivity contribution in [3.63, 3.8) is 0 Å². The Morgan fingerprint density at radius 2 is 2.16 bits per heavy atom. The predicted molar refractivity (Wildman–Crippen MR) is 94.3 cm³/mol. The van der Waals surface area contributed by atoms with E-state index < -0.39 is 0 Å². The quantitative estimate of drug-likeness (QED) is 0.803. The molecule has 2 aromatic rings. The van der Waals surface area contributed by atoms with Gasteiger partial charge in [-0.15, -0.1) is 10.2 Å². The van der Waals surface area contributed by atoms with Gasteiger partial charge in [-0.25, -0.2) is 0 Å². The third-order valence-corrected chi connectivity index (χ3v) is 4.78. The molecule has 134 valence electrons. The fourth-order valence-electron chi connectivity index (χ4n) is 3.40. The number of methoxy groups -OCH3 is 1. The second-order valence-corrected chi connectivity index (χ2v) is 6.35. The maximum absolute atomic E-state index is 12.5. The summed E-state index contributed by atoms with van der Waals surface area (Å²) in [6.07, 6.45) is 5.32. The van der Waals surface area contributed by atoms with E-state index in [1.807, 2.05) is 29.2 Å². The van der Waals surface area contributed by atoms with Gasteiger partial charge in [0.05, 0.1) is 12.7 Å². The summed E-state index contributed by atoms with van der Waals surface area (Å²) in [6.45, 7) is 3.02. The maximum atomic E-state index is 12.5. The van der Waals surface area contributed by atoms with Crippen molar-refractivity contribution in [3.05, 3.63) is 30.2 Å². The summed E-state index contributed by atoms with van der Waals surface area (Å²) < 4.78 is 11.1. The summed E-state index contributed by atoms with van der Waals surface area (Å²) in [6, 6.07) is 7.89. The molecule has 1 fully saturated rings. The van der Waals surface area contributed by atoms with Gasteiger partial charge in [-0.3, -0.25) is 4.79 Å². The molecule has 25 heavy (non-hydrogen) atoms. The summed E-state index contributed by atoms with van der Waals surface area (Å²) in [5, 5.41) is 8.18. The zero-order chi connectivity index (χ0) is 17.6. The van der Waals surface area contributed by atoms with Crippen LogP contribution in [0.1, 0.15) is 44.9 Å². The normalized spacial score (nSPS) is 17.5. The molecule has 1 atom stereocenters. The Hall–Kier alpha value is -2.37. The number of benzene rings is 1. The first kappa shape index (κ1) is 17.5. The van der Waals surface area contributed by atoms with Crippen molar-refractivity contribution < 1.29 is 13.9 Å². The van der Waals surface area contributed by atoms with Gasteiger partial charge in [0.25, 0.3) is 5.89 Å². The van der Waals surface area contributed by atoms with Crippen LogP contribution in [0.25, 0.3) is 11.5 Å². The third-order valence-electron chi connectivity index (χ3n) is 4.78. The molecular formula is C19H25N3O3. The van der Waals surface area contributed by atoms with Gasteiger partial charge in [0, 0.05) is 25.4 Å². The number of carbonyl (C=O) groups is 1. The van der Waals surface area contributed by atoms with Crippen LogP contribution in [0.4, 0.5) is 0 Å². The monoisotopic (exact) mass is 343 g/mol. The molecule has 1 amide bonds. The topological polar surface area (TPSA) is 68.5 Å². The van der Waals surface area contributed by atoms with Gasteiger partial charge in [0.2, 0.25) is 11.8 Å². The molecule has 1 aliphatic heterocycles. The maximum Gasteiger partial charge on any atom is 0.251 e. The van der Waals surface area contributed by atoms with Gasteiger partial charge in [0.15, 0.2) is 0 Å². The van der Waals surface area contributed by atoms with Crippen molar-refractivity contribution in [2.45, 2.75) is 51.5 Å². The van der Waals surface area contributed by atoms with E-state index in [1.54, 1.807) is 7.11 Å². The number of carbonyl (C=O) groups excluding carboxylic acids is 1. The van der Waals surface area contributed by atoms with E-state index in [0.717, 1.165) is 31.4 Å². The predicted octanol–water partition coefficient (Wildman–Crippen LogP) is 3.47. The standard InChI is InChI=1S/C19H25N3O3/c1-3-14-8-6-7-13-22(14)18(23)12-11-17-20-21-19(25-17)15-9-4-5-10-16(15)24-2/h4-5,9-10,14H,3,6-8,11-13H2,1-2H3. The Morgan fingerprint density at radius 3 is 2.96 bits per heavy atom. The van der Waals surface area contributed by atoms with Gasteiger partial charge in [-0.05, 0) is 37.8 Å². The van der Waals surface area contributed by atoms with Crippen molar-refractivity contribution in [3.8, 4) is 17.2 Å². The van der Waals surface area contributed by atoms with Crippen LogP contribution in [0.5, 0.6) is 5.75 Å². The van der Waals surface area contributed by atoms with Crippen molar-refractivity contribution in [2.75, 3.05) is 13.7 Å². The molecule has 1 unspecified atom stereocenters. The molecule has 1 saturated heterocycles. The zero-order valence-electron chi connectivity index (χ0n) is 14.9. The molecule has 0 N–H and O–H groups in total. The van der Waals surface area contributed by atoms with Crippen LogP contribution in [-0.4, -0.2) is 40.7 Å². The molecule has 6 heteroatoms. The summed E-state index contributed by atoms with van der Waals surface area (Å²) in [5.41, 5.74) is 0.761. The van der Waals surface area contributed by atoms with Crippen molar-refractivity contribution in [1.82, 2.24) is 15.1 Å². The molecule has 0 saturated carbocycles. The summed E-state index contributed by atoms with van der Waals surface area (Å²) in [4.78, 5) is 14.6. The number of amides is 1. The number of aryl methyl sites for hydroxylation is 1. The molecule has 1 aromatic heterocycles. The largest absolute Gasteiger partial charge is 0.496 e. The Bertz CT molecular complexity index is 713. The average molecular weight is 343 g/mol. The van der Waals surface area contributed by atoms with Gasteiger partial charge >= 0.3 is 0 Å². The highest BCUT2D eigenvalue weighted by atomic mass is 16.5. The number of hydrogen-bond acceptors (Lipinski definition) is 5. The number of likely N-dealkylation sites (tertiary alicyclic amines) is 1. The minimum Gasteiger partial charge on any atom is -0.496 e. The molecule has 0 radical (unpaired) electrons. The summed E-state index contributed by atoms with van der Waals surface area (Å²) >= 11 is 0. The van der Waals surface area contributed by atoms with E-state index in [1.165, 1.54) is 6.42 Å². The number of hydrogen-bond donors (Lipinski definition) is 0. The highest BCUT2D eigenvalue weighted by Crippen LogP contribution is 2.28. The first-order chi connectivity index (χ1) is 12.2. The lowest BCUT2D eigenvalue weighted by molar-refractivity contribution is -0.135. The highest BCUT2D eigenvalue weighted by Gasteiger charge is 2.25. The van der Waals surface area contributed by atoms with Crippen LogP contribution in [0.3, 0.4) is 0 Å². The van der Waals surface area contributed by atoms with Crippen LogP contribution in [-0.2, 0) is 11.2 Å². The third kappa shape index (κ3) is 4.00. The van der Waals surface area contributed by atoms with E-state index >= 15 is 0 Å². The van der Waals surface area contributed by atoms with Crippen LogP contribution < -0.4 is 4.74 Å². The fraction of sp³-hybridized carbons (Fsp3) is 0.526. The molecule has 3 rings (SSSR count). The number of piperidine rings is 1. The zero-order valence-corrected chi connectivity index (χ0v) is 14.9. The lowest BCUT2D eigenvalue weighted by atomic mass is 9.99. The lowest BCUT2D eigenvalue weighted by Gasteiger charge is -2.35. The van der Waals surface area contributed by atoms with Crippen molar-refractivity contribution >= 4 is 5.91 Å². The number of rotatable bonds is 6. The SMILES string of the molecule is CCC1CCCCN1C(=O)CCc1nnc(-c2ccccc2OC)o1. The van der Waals surface area contributed by atoms with Gasteiger partial charge < -0.3 is 14.1 Å². The van der Waals surface area contributed by atoms with Crippen molar-refractivity contribution in [2.24, 2.45) is 0 Å². The van der Waals surface area contributed by atoms with E-state index in [-0.39, 0.29) is 5.91 Å².